The van der Waals surface area contributed by atoms with Gasteiger partial charge < -0.3 is 14.6 Å². The number of hydrogen-bond donors (Lipinski definition) is 2. The number of halogens is 1. The molecule has 6 nitrogen and oxygen atoms in total. The molecule has 2 aromatic rings. The minimum atomic E-state index is -3.74. The Hall–Kier alpha value is -1.80. The van der Waals surface area contributed by atoms with E-state index in [-0.39, 0.29) is 18.0 Å². The number of aliphatic hydroxyl groups is 1. The quantitative estimate of drug-likeness (QED) is 0.742. The highest BCUT2D eigenvalue weighted by Crippen LogP contribution is 2.17. The number of sulfonamides is 1. The highest BCUT2D eigenvalue weighted by Gasteiger charge is 2.16. The zero-order valence-electron chi connectivity index (χ0n) is 13.0. The predicted octanol–water partition coefficient (Wildman–Crippen LogP) is 2.07. The Bertz CT molecular complexity index is 764. The van der Waals surface area contributed by atoms with Crippen molar-refractivity contribution in [2.45, 2.75) is 11.0 Å². The van der Waals surface area contributed by atoms with Crippen molar-refractivity contribution in [2.24, 2.45) is 0 Å². The molecule has 0 heterocycles. The minimum absolute atomic E-state index is 0.0401. The van der Waals surface area contributed by atoms with Crippen LogP contribution in [-0.2, 0) is 10.0 Å². The van der Waals surface area contributed by atoms with E-state index in [2.05, 4.69) is 4.72 Å². The summed E-state index contributed by atoms with van der Waals surface area (Å²) >= 11 is 5.78. The van der Waals surface area contributed by atoms with Gasteiger partial charge in [0, 0.05) is 11.6 Å². The van der Waals surface area contributed by atoms with Gasteiger partial charge in [-0.25, -0.2) is 13.1 Å². The maximum absolute atomic E-state index is 12.1. The first kappa shape index (κ1) is 18.5. The molecule has 0 saturated carbocycles. The van der Waals surface area contributed by atoms with Crippen LogP contribution in [0.2, 0.25) is 5.02 Å². The van der Waals surface area contributed by atoms with E-state index < -0.39 is 16.1 Å². The molecule has 0 aromatic heterocycles. The van der Waals surface area contributed by atoms with Gasteiger partial charge in [-0.3, -0.25) is 0 Å². The standard InChI is InChI=1S/C16H18ClNO5S/c1-22-14-5-7-15(8-6-14)23-11-13(19)10-18-24(20,21)16-4-2-3-12(17)9-16/h2-9,13,18-19H,10-11H2,1H3/t13-/m0/s1. The summed E-state index contributed by atoms with van der Waals surface area (Å²) in [5.41, 5.74) is 0. The van der Waals surface area contributed by atoms with Gasteiger partial charge in [0.2, 0.25) is 10.0 Å². The van der Waals surface area contributed by atoms with Crippen molar-refractivity contribution in [3.8, 4) is 11.5 Å². The first-order chi connectivity index (χ1) is 11.4. The fourth-order valence-corrected chi connectivity index (χ4v) is 3.22. The average Bonchev–Trinajstić information content (AvgIpc) is 2.58. The third-order valence-corrected chi connectivity index (χ3v) is 4.77. The van der Waals surface area contributed by atoms with Crippen molar-refractivity contribution in [1.82, 2.24) is 4.72 Å². The van der Waals surface area contributed by atoms with Crippen LogP contribution in [0.25, 0.3) is 0 Å². The zero-order valence-corrected chi connectivity index (χ0v) is 14.5. The van der Waals surface area contributed by atoms with E-state index in [4.69, 9.17) is 21.1 Å². The molecule has 1 atom stereocenters. The third-order valence-electron chi connectivity index (χ3n) is 3.12. The summed E-state index contributed by atoms with van der Waals surface area (Å²) in [5.74, 6) is 1.24. The number of ether oxygens (including phenoxy) is 2. The SMILES string of the molecule is COc1ccc(OC[C@@H](O)CNS(=O)(=O)c2cccc(Cl)c2)cc1. The predicted molar refractivity (Wildman–Crippen MR) is 91.1 cm³/mol. The summed E-state index contributed by atoms with van der Waals surface area (Å²) < 4.78 is 36.9. The molecule has 24 heavy (non-hydrogen) atoms. The Morgan fingerprint density at radius 3 is 2.46 bits per heavy atom. The van der Waals surface area contributed by atoms with Crippen LogP contribution >= 0.6 is 11.6 Å². The largest absolute Gasteiger partial charge is 0.497 e. The molecule has 2 rings (SSSR count). The van der Waals surface area contributed by atoms with Crippen molar-refractivity contribution in [3.05, 3.63) is 53.6 Å². The second-order valence-corrected chi connectivity index (χ2v) is 7.15. The van der Waals surface area contributed by atoms with Gasteiger partial charge in [0.05, 0.1) is 12.0 Å². The van der Waals surface area contributed by atoms with Crippen molar-refractivity contribution in [3.63, 3.8) is 0 Å². The van der Waals surface area contributed by atoms with Gasteiger partial charge in [-0.15, -0.1) is 0 Å². The summed E-state index contributed by atoms with van der Waals surface area (Å²) in [6.45, 7) is -0.227. The normalized spacial score (nSPS) is 12.6. The lowest BCUT2D eigenvalue weighted by Crippen LogP contribution is -2.35. The van der Waals surface area contributed by atoms with Gasteiger partial charge in [-0.2, -0.15) is 0 Å². The Balaban J connectivity index is 1.84. The average molecular weight is 372 g/mol. The number of methoxy groups -OCH3 is 1. The van der Waals surface area contributed by atoms with E-state index >= 15 is 0 Å². The van der Waals surface area contributed by atoms with Gasteiger partial charge in [-0.05, 0) is 42.5 Å². The first-order valence-electron chi connectivity index (χ1n) is 7.11. The lowest BCUT2D eigenvalue weighted by molar-refractivity contribution is 0.111. The molecule has 0 unspecified atom stereocenters. The van der Waals surface area contributed by atoms with Gasteiger partial charge in [0.15, 0.2) is 0 Å². The maximum atomic E-state index is 12.1. The van der Waals surface area contributed by atoms with E-state index in [9.17, 15) is 13.5 Å². The molecule has 2 N–H and O–H groups in total. The summed E-state index contributed by atoms with van der Waals surface area (Å²) in [6, 6.07) is 12.7. The van der Waals surface area contributed by atoms with Crippen LogP contribution in [0.1, 0.15) is 0 Å². The fraction of sp³-hybridized carbons (Fsp3) is 0.250. The van der Waals surface area contributed by atoms with E-state index in [1.165, 1.54) is 12.1 Å². The van der Waals surface area contributed by atoms with Gasteiger partial charge in [0.25, 0.3) is 0 Å². The molecule has 0 aliphatic heterocycles. The topological polar surface area (TPSA) is 84.9 Å². The summed E-state index contributed by atoms with van der Waals surface area (Å²) in [5, 5.41) is 10.2. The van der Waals surface area contributed by atoms with Crippen molar-refractivity contribution < 1.29 is 23.0 Å². The molecule has 0 aliphatic rings. The highest BCUT2D eigenvalue weighted by atomic mass is 35.5. The molecule has 8 heteroatoms. The van der Waals surface area contributed by atoms with E-state index in [1.807, 2.05) is 0 Å². The Morgan fingerprint density at radius 2 is 1.83 bits per heavy atom. The summed E-state index contributed by atoms with van der Waals surface area (Å²) in [7, 11) is -2.18. The molecule has 130 valence electrons. The van der Waals surface area contributed by atoms with Crippen LogP contribution in [0, 0.1) is 0 Å². The van der Waals surface area contributed by atoms with E-state index in [0.29, 0.717) is 16.5 Å². The van der Waals surface area contributed by atoms with E-state index in [0.717, 1.165) is 0 Å². The van der Waals surface area contributed by atoms with Crippen molar-refractivity contribution >= 4 is 21.6 Å². The molecule has 0 bridgehead atoms. The molecule has 0 saturated heterocycles. The smallest absolute Gasteiger partial charge is 0.240 e. The van der Waals surface area contributed by atoms with Crippen molar-refractivity contribution in [1.29, 1.82) is 0 Å². The highest BCUT2D eigenvalue weighted by molar-refractivity contribution is 7.89. The van der Waals surface area contributed by atoms with Gasteiger partial charge >= 0.3 is 0 Å². The lowest BCUT2D eigenvalue weighted by Gasteiger charge is -2.14. The van der Waals surface area contributed by atoms with Gasteiger partial charge in [0.1, 0.15) is 24.2 Å². The summed E-state index contributed by atoms with van der Waals surface area (Å²) in [6.07, 6.45) is -0.999. The third kappa shape index (κ3) is 5.38. The number of aliphatic hydroxyl groups excluding tert-OH is 1. The molecular formula is C16H18ClNO5S. The molecule has 0 radical (unpaired) electrons. The molecule has 0 aliphatic carbocycles. The van der Waals surface area contributed by atoms with Crippen LogP contribution < -0.4 is 14.2 Å². The molecular weight excluding hydrogens is 354 g/mol. The number of hydrogen-bond acceptors (Lipinski definition) is 5. The molecule has 0 spiro atoms. The fourth-order valence-electron chi connectivity index (χ4n) is 1.85. The van der Waals surface area contributed by atoms with Gasteiger partial charge in [-0.1, -0.05) is 17.7 Å². The van der Waals surface area contributed by atoms with Crippen LogP contribution in [0.15, 0.2) is 53.4 Å². The minimum Gasteiger partial charge on any atom is -0.497 e. The first-order valence-corrected chi connectivity index (χ1v) is 8.97. The van der Waals surface area contributed by atoms with Crippen LogP contribution in [0.3, 0.4) is 0 Å². The number of benzene rings is 2. The molecule has 2 aromatic carbocycles. The van der Waals surface area contributed by atoms with Crippen LogP contribution in [0.5, 0.6) is 11.5 Å². The Labute approximate surface area is 146 Å². The van der Waals surface area contributed by atoms with E-state index in [1.54, 1.807) is 43.5 Å². The molecule has 0 fully saturated rings. The number of nitrogens with one attached hydrogen (secondary N) is 1. The lowest BCUT2D eigenvalue weighted by atomic mass is 10.3. The Kier molecular flexibility index (Phi) is 6.44. The van der Waals surface area contributed by atoms with Crippen LogP contribution in [0.4, 0.5) is 0 Å². The second kappa shape index (κ2) is 8.34. The van der Waals surface area contributed by atoms with Crippen molar-refractivity contribution in [2.75, 3.05) is 20.3 Å². The second-order valence-electron chi connectivity index (χ2n) is 4.95. The maximum Gasteiger partial charge on any atom is 0.240 e. The number of rotatable bonds is 8. The van der Waals surface area contributed by atoms with Crippen LogP contribution in [-0.4, -0.2) is 39.9 Å². The monoisotopic (exact) mass is 371 g/mol. The summed E-state index contributed by atoms with van der Waals surface area (Å²) in [4.78, 5) is 0.0401. The Morgan fingerprint density at radius 1 is 1.17 bits per heavy atom. The zero-order chi connectivity index (χ0) is 17.6. The molecule has 0 amide bonds.